The average Bonchev–Trinajstić information content (AvgIpc) is 2.44. The van der Waals surface area contributed by atoms with Gasteiger partial charge in [0.05, 0.1) is 0 Å². The zero-order valence-electron chi connectivity index (χ0n) is 11.8. The maximum Gasteiger partial charge on any atom is 0.253 e. The maximum absolute atomic E-state index is 12.0. The van der Waals surface area contributed by atoms with Gasteiger partial charge in [0.1, 0.15) is 6.10 Å². The van der Waals surface area contributed by atoms with Gasteiger partial charge >= 0.3 is 0 Å². The number of carbonyl (C=O) groups excluding carboxylic acids is 1. The minimum Gasteiger partial charge on any atom is -0.369 e. The molecule has 1 aromatic rings. The van der Waals surface area contributed by atoms with Gasteiger partial charge in [0.2, 0.25) is 0 Å². The number of nitrogens with one attached hydrogen (secondary N) is 1. The normalized spacial score (nSPS) is 12.2. The Morgan fingerprint density at radius 3 is 2.79 bits per heavy atom. The third-order valence-corrected chi connectivity index (χ3v) is 2.98. The van der Waals surface area contributed by atoms with Crippen LogP contribution in [0.1, 0.15) is 38.7 Å². The van der Waals surface area contributed by atoms with Crippen molar-refractivity contribution in [2.45, 2.75) is 45.8 Å². The molecule has 0 aliphatic heterocycles. The van der Waals surface area contributed by atoms with Crippen LogP contribution in [-0.2, 0) is 16.1 Å². The molecule has 1 aromatic carbocycles. The molecule has 0 aliphatic carbocycles. The molecule has 0 fully saturated rings. The van der Waals surface area contributed by atoms with Gasteiger partial charge in [-0.25, -0.2) is 0 Å². The van der Waals surface area contributed by atoms with Crippen molar-refractivity contribution in [2.24, 2.45) is 5.73 Å². The number of hydrogen-bond acceptors (Lipinski definition) is 3. The summed E-state index contributed by atoms with van der Waals surface area (Å²) in [5.41, 5.74) is 7.32. The SMILES string of the molecule is CCCCCOC(C)C(=O)Nc1ccccc1CN. The molecule has 0 aromatic heterocycles. The van der Waals surface area contributed by atoms with E-state index in [-0.39, 0.29) is 5.91 Å². The summed E-state index contributed by atoms with van der Waals surface area (Å²) in [7, 11) is 0. The van der Waals surface area contributed by atoms with Crippen molar-refractivity contribution in [1.29, 1.82) is 0 Å². The average molecular weight is 264 g/mol. The Labute approximate surface area is 115 Å². The first-order valence-corrected chi connectivity index (χ1v) is 6.89. The summed E-state index contributed by atoms with van der Waals surface area (Å²) in [5.74, 6) is -0.127. The monoisotopic (exact) mass is 264 g/mol. The van der Waals surface area contributed by atoms with Crippen LogP contribution in [0.2, 0.25) is 0 Å². The van der Waals surface area contributed by atoms with Crippen molar-refractivity contribution in [3.05, 3.63) is 29.8 Å². The topological polar surface area (TPSA) is 64.3 Å². The number of nitrogens with two attached hydrogens (primary N) is 1. The number of anilines is 1. The van der Waals surface area contributed by atoms with E-state index >= 15 is 0 Å². The van der Waals surface area contributed by atoms with Crippen LogP contribution in [0, 0.1) is 0 Å². The molecule has 0 aliphatic rings. The van der Waals surface area contributed by atoms with E-state index in [1.807, 2.05) is 24.3 Å². The summed E-state index contributed by atoms with van der Waals surface area (Å²) in [4.78, 5) is 12.0. The van der Waals surface area contributed by atoms with E-state index in [0.29, 0.717) is 13.2 Å². The first kappa shape index (κ1) is 15.7. The van der Waals surface area contributed by atoms with Crippen molar-refractivity contribution in [3.63, 3.8) is 0 Å². The van der Waals surface area contributed by atoms with Crippen LogP contribution in [0.25, 0.3) is 0 Å². The molecule has 0 bridgehead atoms. The minimum absolute atomic E-state index is 0.127. The van der Waals surface area contributed by atoms with Gasteiger partial charge in [0.15, 0.2) is 0 Å². The summed E-state index contributed by atoms with van der Waals surface area (Å²) in [5, 5.41) is 2.86. The van der Waals surface area contributed by atoms with Crippen molar-refractivity contribution in [1.82, 2.24) is 0 Å². The predicted molar refractivity (Wildman–Crippen MR) is 77.9 cm³/mol. The van der Waals surface area contributed by atoms with E-state index < -0.39 is 6.10 Å². The summed E-state index contributed by atoms with van der Waals surface area (Å²) >= 11 is 0. The van der Waals surface area contributed by atoms with Crippen LogP contribution in [-0.4, -0.2) is 18.6 Å². The first-order chi connectivity index (χ1) is 9.19. The van der Waals surface area contributed by atoms with E-state index in [1.54, 1.807) is 6.92 Å². The first-order valence-electron chi connectivity index (χ1n) is 6.89. The van der Waals surface area contributed by atoms with E-state index in [9.17, 15) is 4.79 Å². The van der Waals surface area contributed by atoms with Crippen LogP contribution < -0.4 is 11.1 Å². The Morgan fingerprint density at radius 2 is 2.11 bits per heavy atom. The fourth-order valence-electron chi connectivity index (χ4n) is 1.74. The van der Waals surface area contributed by atoms with Crippen molar-refractivity contribution >= 4 is 11.6 Å². The third kappa shape index (κ3) is 5.41. The fraction of sp³-hybridized carbons (Fsp3) is 0.533. The van der Waals surface area contributed by atoms with Gasteiger partial charge in [-0.05, 0) is 25.0 Å². The second-order valence-electron chi connectivity index (χ2n) is 4.57. The lowest BCUT2D eigenvalue weighted by Crippen LogP contribution is -2.28. The number of para-hydroxylation sites is 1. The molecule has 0 saturated heterocycles. The van der Waals surface area contributed by atoms with Gasteiger partial charge in [-0.2, -0.15) is 0 Å². The second kappa shape index (κ2) is 8.67. The van der Waals surface area contributed by atoms with Crippen LogP contribution >= 0.6 is 0 Å². The summed E-state index contributed by atoms with van der Waals surface area (Å²) < 4.78 is 5.51. The second-order valence-corrected chi connectivity index (χ2v) is 4.57. The Bertz CT molecular complexity index is 393. The maximum atomic E-state index is 12.0. The van der Waals surface area contributed by atoms with Crippen molar-refractivity contribution < 1.29 is 9.53 Å². The number of rotatable bonds is 8. The number of ether oxygens (including phenoxy) is 1. The Kier molecular flexibility index (Phi) is 7.15. The number of amides is 1. The van der Waals surface area contributed by atoms with E-state index in [4.69, 9.17) is 10.5 Å². The summed E-state index contributed by atoms with van der Waals surface area (Å²) in [6, 6.07) is 7.54. The molecule has 3 N–H and O–H groups in total. The highest BCUT2D eigenvalue weighted by Crippen LogP contribution is 2.14. The van der Waals surface area contributed by atoms with E-state index in [1.165, 1.54) is 0 Å². The Morgan fingerprint density at radius 1 is 1.37 bits per heavy atom. The van der Waals surface area contributed by atoms with Gasteiger partial charge in [0, 0.05) is 18.8 Å². The van der Waals surface area contributed by atoms with Crippen LogP contribution in [0.15, 0.2) is 24.3 Å². The van der Waals surface area contributed by atoms with Crippen LogP contribution in [0.3, 0.4) is 0 Å². The highest BCUT2D eigenvalue weighted by molar-refractivity contribution is 5.94. The smallest absolute Gasteiger partial charge is 0.253 e. The standard InChI is InChI=1S/C15H24N2O2/c1-3-4-7-10-19-12(2)15(18)17-14-9-6-5-8-13(14)11-16/h5-6,8-9,12H,3-4,7,10-11,16H2,1-2H3,(H,17,18). The number of hydrogen-bond donors (Lipinski definition) is 2. The molecule has 0 heterocycles. The summed E-state index contributed by atoms with van der Waals surface area (Å²) in [6.07, 6.45) is 2.83. The Hall–Kier alpha value is -1.39. The molecule has 1 atom stereocenters. The molecule has 0 radical (unpaired) electrons. The molecular formula is C15H24N2O2. The molecule has 1 rings (SSSR count). The highest BCUT2D eigenvalue weighted by atomic mass is 16.5. The third-order valence-electron chi connectivity index (χ3n) is 2.98. The predicted octanol–water partition coefficient (Wildman–Crippen LogP) is 2.68. The molecule has 19 heavy (non-hydrogen) atoms. The molecule has 1 unspecified atom stereocenters. The summed E-state index contributed by atoms with van der Waals surface area (Å²) in [6.45, 7) is 4.94. The molecule has 0 saturated carbocycles. The molecular weight excluding hydrogens is 240 g/mol. The quantitative estimate of drug-likeness (QED) is 0.709. The molecule has 0 spiro atoms. The molecule has 1 amide bonds. The highest BCUT2D eigenvalue weighted by Gasteiger charge is 2.14. The van der Waals surface area contributed by atoms with Crippen LogP contribution in [0.5, 0.6) is 0 Å². The van der Waals surface area contributed by atoms with Gasteiger partial charge in [0.25, 0.3) is 5.91 Å². The Balaban J connectivity index is 2.45. The molecule has 4 heteroatoms. The lowest BCUT2D eigenvalue weighted by molar-refractivity contribution is -0.126. The van der Waals surface area contributed by atoms with E-state index in [2.05, 4.69) is 12.2 Å². The van der Waals surface area contributed by atoms with Gasteiger partial charge in [-0.15, -0.1) is 0 Å². The van der Waals surface area contributed by atoms with Crippen LogP contribution in [0.4, 0.5) is 5.69 Å². The largest absolute Gasteiger partial charge is 0.369 e. The van der Waals surface area contributed by atoms with Gasteiger partial charge in [-0.3, -0.25) is 4.79 Å². The van der Waals surface area contributed by atoms with Crippen molar-refractivity contribution in [2.75, 3.05) is 11.9 Å². The van der Waals surface area contributed by atoms with Gasteiger partial charge in [-0.1, -0.05) is 38.0 Å². The zero-order valence-corrected chi connectivity index (χ0v) is 11.8. The lowest BCUT2D eigenvalue weighted by atomic mass is 10.1. The zero-order chi connectivity index (χ0) is 14.1. The molecule has 4 nitrogen and oxygen atoms in total. The minimum atomic E-state index is -0.442. The van der Waals surface area contributed by atoms with Gasteiger partial charge < -0.3 is 15.8 Å². The number of unbranched alkanes of at least 4 members (excludes halogenated alkanes) is 2. The van der Waals surface area contributed by atoms with E-state index in [0.717, 1.165) is 30.5 Å². The fourth-order valence-corrected chi connectivity index (χ4v) is 1.74. The molecule has 106 valence electrons. The van der Waals surface area contributed by atoms with Crippen molar-refractivity contribution in [3.8, 4) is 0 Å². The lowest BCUT2D eigenvalue weighted by Gasteiger charge is -2.15. The number of benzene rings is 1. The number of carbonyl (C=O) groups is 1.